The van der Waals surface area contributed by atoms with E-state index in [1.807, 2.05) is 6.07 Å². The lowest BCUT2D eigenvalue weighted by molar-refractivity contribution is -0.139. The van der Waals surface area contributed by atoms with Crippen LogP contribution in [0.4, 0.5) is 5.82 Å². The molecular formula is C9H8N2O2. The van der Waals surface area contributed by atoms with Crippen LogP contribution in [-0.4, -0.2) is 22.3 Å². The summed E-state index contributed by atoms with van der Waals surface area (Å²) in [5, 5.41) is 8.75. The Morgan fingerprint density at radius 2 is 2.46 bits per heavy atom. The van der Waals surface area contributed by atoms with Gasteiger partial charge in [0.1, 0.15) is 0 Å². The molecule has 1 aliphatic rings. The number of nitrogens with zero attached hydrogens (tertiary/aromatic N) is 2. The fourth-order valence-electron chi connectivity index (χ4n) is 1.31. The molecule has 0 amide bonds. The van der Waals surface area contributed by atoms with E-state index in [0.29, 0.717) is 12.2 Å². The first-order valence-electron chi connectivity index (χ1n) is 3.98. The van der Waals surface area contributed by atoms with Crippen LogP contribution >= 0.6 is 0 Å². The molecule has 1 N–H and O–H groups in total. The predicted molar refractivity (Wildman–Crippen MR) is 47.2 cm³/mol. The number of pyridine rings is 1. The molecule has 0 aromatic carbocycles. The zero-order valence-corrected chi connectivity index (χ0v) is 6.84. The molecule has 0 saturated carbocycles. The van der Waals surface area contributed by atoms with Crippen molar-refractivity contribution in [3.63, 3.8) is 0 Å². The molecule has 0 saturated heterocycles. The second-order valence-corrected chi connectivity index (χ2v) is 2.91. The van der Waals surface area contributed by atoms with Crippen molar-refractivity contribution in [1.29, 1.82) is 0 Å². The molecule has 1 aromatic heterocycles. The number of hydrogen-bond donors (Lipinski definition) is 1. The van der Waals surface area contributed by atoms with Gasteiger partial charge in [0.15, 0.2) is 5.82 Å². The molecule has 2 heterocycles. The standard InChI is InChI=1S/C9H8N2O2/c12-9(13)7-4-6-2-1-3-10-8(6)11-5-7/h1-3,5,7H,4H2,(H,12,13). The smallest absolute Gasteiger partial charge is 0.312 e. The third kappa shape index (κ3) is 1.42. The number of carbonyl (C=O) groups is 1. The highest BCUT2D eigenvalue weighted by atomic mass is 16.4. The first-order chi connectivity index (χ1) is 6.27. The van der Waals surface area contributed by atoms with Crippen LogP contribution in [0.5, 0.6) is 0 Å². The van der Waals surface area contributed by atoms with Crippen LogP contribution in [0.25, 0.3) is 0 Å². The second kappa shape index (κ2) is 2.97. The number of carboxylic acid groups (broad SMARTS) is 1. The van der Waals surface area contributed by atoms with Crippen molar-refractivity contribution in [3.8, 4) is 0 Å². The number of aromatic nitrogens is 1. The lowest BCUT2D eigenvalue weighted by Gasteiger charge is -2.13. The summed E-state index contributed by atoms with van der Waals surface area (Å²) in [4.78, 5) is 18.7. The number of fused-ring (bicyclic) bond motifs is 1. The van der Waals surface area contributed by atoms with Gasteiger partial charge in [0.25, 0.3) is 0 Å². The van der Waals surface area contributed by atoms with Crippen molar-refractivity contribution in [2.45, 2.75) is 6.42 Å². The molecule has 4 nitrogen and oxygen atoms in total. The Balaban J connectivity index is 2.34. The van der Waals surface area contributed by atoms with Crippen LogP contribution in [0, 0.1) is 5.92 Å². The SMILES string of the molecule is O=C(O)C1C=Nc2ncccc2C1. The third-order valence-electron chi connectivity index (χ3n) is 2.00. The summed E-state index contributed by atoms with van der Waals surface area (Å²) in [6, 6.07) is 3.65. The molecule has 2 rings (SSSR count). The third-order valence-corrected chi connectivity index (χ3v) is 2.00. The van der Waals surface area contributed by atoms with Crippen LogP contribution < -0.4 is 0 Å². The molecule has 4 heteroatoms. The monoisotopic (exact) mass is 176 g/mol. The minimum atomic E-state index is -0.835. The van der Waals surface area contributed by atoms with Gasteiger partial charge in [0.05, 0.1) is 5.92 Å². The van der Waals surface area contributed by atoms with Crippen molar-refractivity contribution < 1.29 is 9.90 Å². The number of hydrogen-bond acceptors (Lipinski definition) is 3. The molecule has 0 fully saturated rings. The molecule has 0 radical (unpaired) electrons. The van der Waals surface area contributed by atoms with Gasteiger partial charge in [0, 0.05) is 12.4 Å². The van der Waals surface area contributed by atoms with E-state index in [-0.39, 0.29) is 0 Å². The number of aliphatic imine (C=N–C) groups is 1. The maximum atomic E-state index is 10.7. The Hall–Kier alpha value is -1.71. The summed E-state index contributed by atoms with van der Waals surface area (Å²) >= 11 is 0. The molecule has 1 aliphatic heterocycles. The van der Waals surface area contributed by atoms with Gasteiger partial charge in [-0.1, -0.05) is 6.07 Å². The Morgan fingerprint density at radius 1 is 1.62 bits per heavy atom. The zero-order valence-electron chi connectivity index (χ0n) is 6.84. The quantitative estimate of drug-likeness (QED) is 0.695. The van der Waals surface area contributed by atoms with Gasteiger partial charge in [-0.15, -0.1) is 0 Å². The van der Waals surface area contributed by atoms with E-state index in [4.69, 9.17) is 5.11 Å². The molecule has 0 spiro atoms. The molecule has 1 unspecified atom stereocenters. The van der Waals surface area contributed by atoms with Gasteiger partial charge in [-0.05, 0) is 18.1 Å². The Morgan fingerprint density at radius 3 is 3.23 bits per heavy atom. The first-order valence-corrected chi connectivity index (χ1v) is 3.98. The van der Waals surface area contributed by atoms with E-state index in [0.717, 1.165) is 5.56 Å². The molecule has 0 bridgehead atoms. The minimum Gasteiger partial charge on any atom is -0.481 e. The highest BCUT2D eigenvalue weighted by Gasteiger charge is 2.20. The molecule has 13 heavy (non-hydrogen) atoms. The van der Waals surface area contributed by atoms with Gasteiger partial charge in [-0.25, -0.2) is 9.98 Å². The Kier molecular flexibility index (Phi) is 1.81. The summed E-state index contributed by atoms with van der Waals surface area (Å²) in [6.45, 7) is 0. The maximum absolute atomic E-state index is 10.7. The average molecular weight is 176 g/mol. The zero-order chi connectivity index (χ0) is 9.26. The number of rotatable bonds is 1. The summed E-state index contributed by atoms with van der Waals surface area (Å²) < 4.78 is 0. The Labute approximate surface area is 75.0 Å². The summed E-state index contributed by atoms with van der Waals surface area (Å²) in [5.74, 6) is -0.699. The minimum absolute atomic E-state index is 0.488. The molecule has 0 aliphatic carbocycles. The van der Waals surface area contributed by atoms with Crippen molar-refractivity contribution in [2.75, 3.05) is 0 Å². The van der Waals surface area contributed by atoms with Crippen molar-refractivity contribution in [1.82, 2.24) is 4.98 Å². The highest BCUT2D eigenvalue weighted by molar-refractivity contribution is 5.91. The number of aliphatic carboxylic acids is 1. The lowest BCUT2D eigenvalue weighted by Crippen LogP contribution is -2.20. The van der Waals surface area contributed by atoms with E-state index in [9.17, 15) is 4.79 Å². The van der Waals surface area contributed by atoms with E-state index in [2.05, 4.69) is 9.98 Å². The fraction of sp³-hybridized carbons (Fsp3) is 0.222. The van der Waals surface area contributed by atoms with E-state index in [1.165, 1.54) is 6.21 Å². The Bertz CT molecular complexity index is 374. The van der Waals surface area contributed by atoms with Crippen LogP contribution in [0.1, 0.15) is 5.56 Å². The molecule has 1 atom stereocenters. The normalized spacial score (nSPS) is 19.5. The van der Waals surface area contributed by atoms with Crippen LogP contribution in [0.15, 0.2) is 23.3 Å². The van der Waals surface area contributed by atoms with E-state index >= 15 is 0 Å². The summed E-state index contributed by atoms with van der Waals surface area (Å²) in [7, 11) is 0. The summed E-state index contributed by atoms with van der Waals surface area (Å²) in [5.41, 5.74) is 0.900. The van der Waals surface area contributed by atoms with Crippen LogP contribution in [-0.2, 0) is 11.2 Å². The van der Waals surface area contributed by atoms with Crippen molar-refractivity contribution >= 4 is 18.0 Å². The highest BCUT2D eigenvalue weighted by Crippen LogP contribution is 2.22. The molecule has 1 aromatic rings. The average Bonchev–Trinajstić information content (AvgIpc) is 2.17. The lowest BCUT2D eigenvalue weighted by atomic mass is 9.99. The first kappa shape index (κ1) is 7.91. The van der Waals surface area contributed by atoms with Gasteiger partial charge in [-0.3, -0.25) is 4.79 Å². The second-order valence-electron chi connectivity index (χ2n) is 2.91. The molecule has 66 valence electrons. The van der Waals surface area contributed by atoms with Gasteiger partial charge >= 0.3 is 5.97 Å². The van der Waals surface area contributed by atoms with Crippen molar-refractivity contribution in [2.24, 2.45) is 10.9 Å². The van der Waals surface area contributed by atoms with Crippen LogP contribution in [0.3, 0.4) is 0 Å². The largest absolute Gasteiger partial charge is 0.481 e. The van der Waals surface area contributed by atoms with E-state index in [1.54, 1.807) is 12.3 Å². The van der Waals surface area contributed by atoms with E-state index < -0.39 is 11.9 Å². The molecular weight excluding hydrogens is 168 g/mol. The maximum Gasteiger partial charge on any atom is 0.312 e. The van der Waals surface area contributed by atoms with Gasteiger partial charge in [0.2, 0.25) is 0 Å². The predicted octanol–water partition coefficient (Wildman–Crippen LogP) is 1.04. The fourth-order valence-corrected chi connectivity index (χ4v) is 1.31. The number of carboxylic acids is 1. The van der Waals surface area contributed by atoms with Gasteiger partial charge < -0.3 is 5.11 Å². The van der Waals surface area contributed by atoms with Crippen molar-refractivity contribution in [3.05, 3.63) is 23.9 Å². The van der Waals surface area contributed by atoms with Gasteiger partial charge in [-0.2, -0.15) is 0 Å². The van der Waals surface area contributed by atoms with Crippen LogP contribution in [0.2, 0.25) is 0 Å². The summed E-state index contributed by atoms with van der Waals surface area (Å²) in [6.07, 6.45) is 3.58. The topological polar surface area (TPSA) is 62.5 Å².